The molecule has 5 nitrogen and oxygen atoms in total. The molecule has 2 heterocycles. The maximum absolute atomic E-state index is 12.3. The van der Waals surface area contributed by atoms with Gasteiger partial charge in [-0.1, -0.05) is 0 Å². The second-order valence-electron chi connectivity index (χ2n) is 6.29. The first-order valence-corrected chi connectivity index (χ1v) is 8.42. The molecule has 1 fully saturated rings. The van der Waals surface area contributed by atoms with Gasteiger partial charge in [0.1, 0.15) is 5.75 Å². The standard InChI is InChI=1S/C17H24F2N2O3/c18-17(19)24-15-3-4-16-13(10-15)2-1-5-21(16)12-14(22)11-20-6-8-23-9-7-20/h3-4,10,14,17,22H,1-2,5-9,11-12H2. The molecule has 0 aromatic heterocycles. The van der Waals surface area contributed by atoms with Crippen LogP contribution in [0.15, 0.2) is 18.2 Å². The van der Waals surface area contributed by atoms with Crippen LogP contribution in [0.3, 0.4) is 0 Å². The van der Waals surface area contributed by atoms with Crippen LogP contribution in [0.5, 0.6) is 5.75 Å². The number of hydrogen-bond acceptors (Lipinski definition) is 5. The van der Waals surface area contributed by atoms with Crippen molar-refractivity contribution in [3.8, 4) is 5.75 Å². The smallest absolute Gasteiger partial charge is 0.387 e. The van der Waals surface area contributed by atoms with E-state index in [0.717, 1.165) is 43.7 Å². The summed E-state index contributed by atoms with van der Waals surface area (Å²) in [5.41, 5.74) is 2.00. The van der Waals surface area contributed by atoms with Gasteiger partial charge in [-0.3, -0.25) is 4.90 Å². The Hall–Kier alpha value is -1.44. The number of anilines is 1. The highest BCUT2D eigenvalue weighted by atomic mass is 19.3. The lowest BCUT2D eigenvalue weighted by molar-refractivity contribution is -0.0498. The quantitative estimate of drug-likeness (QED) is 0.853. The molecule has 1 saturated heterocycles. The molecule has 7 heteroatoms. The van der Waals surface area contributed by atoms with Crippen molar-refractivity contribution in [3.63, 3.8) is 0 Å². The van der Waals surface area contributed by atoms with Gasteiger partial charge >= 0.3 is 6.61 Å². The van der Waals surface area contributed by atoms with Crippen LogP contribution in [-0.4, -0.2) is 68.7 Å². The molecule has 0 saturated carbocycles. The van der Waals surface area contributed by atoms with E-state index in [-0.39, 0.29) is 5.75 Å². The molecule has 134 valence electrons. The van der Waals surface area contributed by atoms with E-state index in [1.54, 1.807) is 12.1 Å². The third-order valence-corrected chi connectivity index (χ3v) is 4.49. The van der Waals surface area contributed by atoms with Gasteiger partial charge in [-0.25, -0.2) is 0 Å². The predicted molar refractivity (Wildman–Crippen MR) is 86.9 cm³/mol. The number of ether oxygens (including phenoxy) is 2. The molecule has 0 amide bonds. The van der Waals surface area contributed by atoms with Crippen LogP contribution in [-0.2, 0) is 11.2 Å². The zero-order valence-corrected chi connectivity index (χ0v) is 13.7. The van der Waals surface area contributed by atoms with Gasteiger partial charge in [-0.15, -0.1) is 0 Å². The Morgan fingerprint density at radius 1 is 1.17 bits per heavy atom. The van der Waals surface area contributed by atoms with E-state index in [9.17, 15) is 13.9 Å². The van der Waals surface area contributed by atoms with Crippen LogP contribution in [0.25, 0.3) is 0 Å². The Balaban J connectivity index is 1.61. The number of aliphatic hydroxyl groups excluding tert-OH is 1. The van der Waals surface area contributed by atoms with Gasteiger partial charge in [0.15, 0.2) is 0 Å². The van der Waals surface area contributed by atoms with Gasteiger partial charge in [0.05, 0.1) is 19.3 Å². The van der Waals surface area contributed by atoms with E-state index < -0.39 is 12.7 Å². The Labute approximate surface area is 140 Å². The minimum absolute atomic E-state index is 0.194. The average molecular weight is 342 g/mol. The highest BCUT2D eigenvalue weighted by molar-refractivity contribution is 5.58. The molecule has 2 aliphatic heterocycles. The Bertz CT molecular complexity index is 539. The van der Waals surface area contributed by atoms with Crippen LogP contribution >= 0.6 is 0 Å². The third-order valence-electron chi connectivity index (χ3n) is 4.49. The van der Waals surface area contributed by atoms with Gasteiger partial charge < -0.3 is 19.5 Å². The zero-order chi connectivity index (χ0) is 16.9. The second kappa shape index (κ2) is 8.09. The number of β-amino-alcohol motifs (C(OH)–C–C–N with tert-alkyl or cyclic N) is 1. The first kappa shape index (κ1) is 17.4. The predicted octanol–water partition coefficient (Wildman–Crippen LogP) is 1.73. The Morgan fingerprint density at radius 3 is 2.71 bits per heavy atom. The minimum Gasteiger partial charge on any atom is -0.435 e. The summed E-state index contributed by atoms with van der Waals surface area (Å²) < 4.78 is 34.5. The van der Waals surface area contributed by atoms with Crippen molar-refractivity contribution < 1.29 is 23.4 Å². The molecule has 0 radical (unpaired) electrons. The number of fused-ring (bicyclic) bond motifs is 1. The van der Waals surface area contributed by atoms with Gasteiger partial charge in [-0.2, -0.15) is 8.78 Å². The number of aryl methyl sites for hydroxylation is 1. The molecule has 0 spiro atoms. The maximum atomic E-state index is 12.3. The third kappa shape index (κ3) is 4.55. The highest BCUT2D eigenvalue weighted by Crippen LogP contribution is 2.31. The number of benzene rings is 1. The fourth-order valence-electron chi connectivity index (χ4n) is 3.41. The molecule has 1 N–H and O–H groups in total. The number of nitrogens with zero attached hydrogens (tertiary/aromatic N) is 2. The highest BCUT2D eigenvalue weighted by Gasteiger charge is 2.22. The normalized spacial score (nSPS) is 20.1. The van der Waals surface area contributed by atoms with E-state index in [2.05, 4.69) is 14.5 Å². The summed E-state index contributed by atoms with van der Waals surface area (Å²) in [4.78, 5) is 4.34. The van der Waals surface area contributed by atoms with Crippen molar-refractivity contribution in [3.05, 3.63) is 23.8 Å². The fraction of sp³-hybridized carbons (Fsp3) is 0.647. The van der Waals surface area contributed by atoms with E-state index in [0.29, 0.717) is 26.3 Å². The molecule has 1 unspecified atom stereocenters. The summed E-state index contributed by atoms with van der Waals surface area (Å²) in [6, 6.07) is 5.06. The molecule has 1 atom stereocenters. The first-order chi connectivity index (χ1) is 11.6. The molecule has 1 aromatic rings. The molecule has 0 bridgehead atoms. The van der Waals surface area contributed by atoms with Crippen molar-refractivity contribution in [2.45, 2.75) is 25.6 Å². The molecule has 24 heavy (non-hydrogen) atoms. The van der Waals surface area contributed by atoms with Crippen molar-refractivity contribution in [1.29, 1.82) is 0 Å². The molecule has 2 aliphatic rings. The molecule has 0 aliphatic carbocycles. The summed E-state index contributed by atoms with van der Waals surface area (Å²) in [5.74, 6) is 0.194. The SMILES string of the molecule is OC(CN1CCOCC1)CN1CCCc2cc(OC(F)F)ccc21. The van der Waals surface area contributed by atoms with Crippen molar-refractivity contribution >= 4 is 5.69 Å². The lowest BCUT2D eigenvalue weighted by Crippen LogP contribution is -2.45. The second-order valence-corrected chi connectivity index (χ2v) is 6.29. The van der Waals surface area contributed by atoms with Crippen LogP contribution in [0.4, 0.5) is 14.5 Å². The van der Waals surface area contributed by atoms with Crippen LogP contribution in [0.2, 0.25) is 0 Å². The van der Waals surface area contributed by atoms with Crippen molar-refractivity contribution in [2.24, 2.45) is 0 Å². The van der Waals surface area contributed by atoms with Gasteiger partial charge in [-0.05, 0) is 36.6 Å². The first-order valence-electron chi connectivity index (χ1n) is 8.42. The summed E-state index contributed by atoms with van der Waals surface area (Å²) in [6.45, 7) is 2.35. The average Bonchev–Trinajstić information content (AvgIpc) is 2.55. The van der Waals surface area contributed by atoms with Gasteiger partial charge in [0.25, 0.3) is 0 Å². The summed E-state index contributed by atoms with van der Waals surface area (Å²) in [6.07, 6.45) is 1.33. The van der Waals surface area contributed by atoms with E-state index in [1.165, 1.54) is 0 Å². The summed E-state index contributed by atoms with van der Waals surface area (Å²) in [7, 11) is 0. The number of hydrogen-bond donors (Lipinski definition) is 1. The van der Waals surface area contributed by atoms with Crippen molar-refractivity contribution in [1.82, 2.24) is 4.90 Å². The number of rotatable bonds is 6. The Kier molecular flexibility index (Phi) is 5.86. The molecular weight excluding hydrogens is 318 g/mol. The Morgan fingerprint density at radius 2 is 1.96 bits per heavy atom. The van der Waals surface area contributed by atoms with Gasteiger partial charge in [0, 0.05) is 38.4 Å². The summed E-state index contributed by atoms with van der Waals surface area (Å²) in [5, 5.41) is 10.4. The van der Waals surface area contributed by atoms with Crippen molar-refractivity contribution in [2.75, 3.05) is 50.8 Å². The topological polar surface area (TPSA) is 45.2 Å². The number of alkyl halides is 2. The molecule has 1 aromatic carbocycles. The molecule has 3 rings (SSSR count). The van der Waals surface area contributed by atoms with E-state index >= 15 is 0 Å². The monoisotopic (exact) mass is 342 g/mol. The lowest BCUT2D eigenvalue weighted by Gasteiger charge is -2.35. The lowest BCUT2D eigenvalue weighted by atomic mass is 10.0. The largest absolute Gasteiger partial charge is 0.435 e. The molecular formula is C17H24F2N2O3. The van der Waals surface area contributed by atoms with E-state index in [4.69, 9.17) is 4.74 Å². The minimum atomic E-state index is -2.81. The zero-order valence-electron chi connectivity index (χ0n) is 13.7. The van der Waals surface area contributed by atoms with E-state index in [1.807, 2.05) is 6.07 Å². The number of aliphatic hydroxyl groups is 1. The summed E-state index contributed by atoms with van der Waals surface area (Å²) >= 11 is 0. The fourth-order valence-corrected chi connectivity index (χ4v) is 3.41. The maximum Gasteiger partial charge on any atom is 0.387 e. The number of morpholine rings is 1. The van der Waals surface area contributed by atoms with Crippen LogP contribution < -0.4 is 9.64 Å². The van der Waals surface area contributed by atoms with Crippen LogP contribution in [0, 0.1) is 0 Å². The van der Waals surface area contributed by atoms with Crippen LogP contribution in [0.1, 0.15) is 12.0 Å². The number of halogens is 2. The van der Waals surface area contributed by atoms with Gasteiger partial charge in [0.2, 0.25) is 0 Å².